The maximum Gasteiger partial charge on any atom is 0.105 e. The molecule has 1 aliphatic rings. The minimum atomic E-state index is 0.375. The third-order valence-electron chi connectivity index (χ3n) is 3.13. The zero-order valence-electron chi connectivity index (χ0n) is 10.5. The van der Waals surface area contributed by atoms with Gasteiger partial charge in [-0.1, -0.05) is 32.0 Å². The number of hydrogen-bond acceptors (Lipinski definition) is 2. The van der Waals surface area contributed by atoms with Crippen molar-refractivity contribution in [1.29, 1.82) is 0 Å². The molecule has 0 fully saturated rings. The smallest absolute Gasteiger partial charge is 0.105 e. The second kappa shape index (κ2) is 4.20. The minimum Gasteiger partial charge on any atom is -0.369 e. The molecule has 1 unspecified atom stereocenters. The largest absolute Gasteiger partial charge is 0.369 e. The number of para-hydroxylation sites is 1. The fourth-order valence-electron chi connectivity index (χ4n) is 2.34. The van der Waals surface area contributed by atoms with Crippen molar-refractivity contribution in [2.24, 2.45) is 5.92 Å². The Morgan fingerprint density at radius 1 is 1.19 bits per heavy atom. The molecule has 86 valence electrons. The maximum absolute atomic E-state index is 3.40. The van der Waals surface area contributed by atoms with E-state index in [1.165, 1.54) is 16.8 Å². The molecule has 1 atom stereocenters. The molecule has 0 amide bonds. The van der Waals surface area contributed by atoms with Gasteiger partial charge in [0.15, 0.2) is 0 Å². The summed E-state index contributed by atoms with van der Waals surface area (Å²) in [6, 6.07) is 6.46. The minimum absolute atomic E-state index is 0.375. The Bertz CT molecular complexity index is 387. The maximum atomic E-state index is 3.40. The van der Waals surface area contributed by atoms with E-state index in [0.717, 1.165) is 0 Å². The Labute approximate surface area is 98.0 Å². The molecule has 1 aromatic carbocycles. The number of anilines is 1. The van der Waals surface area contributed by atoms with Gasteiger partial charge in [-0.25, -0.2) is 0 Å². The standard InChI is InChI=1S/C14H20N2/c1-10(2)14-15-8-9-16(14)13-11(3)6-5-7-12(13)4/h5-10,14-15H,1-4H3. The van der Waals surface area contributed by atoms with Gasteiger partial charge >= 0.3 is 0 Å². The Kier molecular flexibility index (Phi) is 2.90. The highest BCUT2D eigenvalue weighted by Crippen LogP contribution is 2.29. The zero-order valence-corrected chi connectivity index (χ0v) is 10.5. The molecule has 1 heterocycles. The van der Waals surface area contributed by atoms with E-state index in [1.54, 1.807) is 0 Å². The van der Waals surface area contributed by atoms with Crippen LogP contribution in [-0.2, 0) is 0 Å². The molecular weight excluding hydrogens is 196 g/mol. The lowest BCUT2D eigenvalue weighted by Gasteiger charge is -2.31. The van der Waals surface area contributed by atoms with Crippen LogP contribution < -0.4 is 10.2 Å². The summed E-state index contributed by atoms with van der Waals surface area (Å²) in [5, 5.41) is 3.40. The van der Waals surface area contributed by atoms with Crippen molar-refractivity contribution < 1.29 is 0 Å². The quantitative estimate of drug-likeness (QED) is 0.817. The summed E-state index contributed by atoms with van der Waals surface area (Å²) < 4.78 is 0. The summed E-state index contributed by atoms with van der Waals surface area (Å²) in [6.07, 6.45) is 4.55. The van der Waals surface area contributed by atoms with Crippen LogP contribution in [0.3, 0.4) is 0 Å². The molecular formula is C14H20N2. The van der Waals surface area contributed by atoms with Crippen molar-refractivity contribution in [2.75, 3.05) is 4.90 Å². The van der Waals surface area contributed by atoms with Gasteiger partial charge in [-0.3, -0.25) is 0 Å². The molecule has 2 rings (SSSR count). The van der Waals surface area contributed by atoms with Crippen LogP contribution in [0.2, 0.25) is 0 Å². The van der Waals surface area contributed by atoms with Crippen molar-refractivity contribution in [1.82, 2.24) is 5.32 Å². The third-order valence-corrected chi connectivity index (χ3v) is 3.13. The van der Waals surface area contributed by atoms with Crippen molar-refractivity contribution in [3.63, 3.8) is 0 Å². The molecule has 0 aromatic heterocycles. The Balaban J connectivity index is 2.40. The fourth-order valence-corrected chi connectivity index (χ4v) is 2.34. The molecule has 0 aliphatic carbocycles. The first-order valence-electron chi connectivity index (χ1n) is 5.88. The van der Waals surface area contributed by atoms with Gasteiger partial charge in [0.2, 0.25) is 0 Å². The molecule has 16 heavy (non-hydrogen) atoms. The second-order valence-corrected chi connectivity index (χ2v) is 4.82. The zero-order chi connectivity index (χ0) is 11.7. The van der Waals surface area contributed by atoms with E-state index in [-0.39, 0.29) is 0 Å². The van der Waals surface area contributed by atoms with Gasteiger partial charge in [0.1, 0.15) is 6.17 Å². The molecule has 0 radical (unpaired) electrons. The summed E-state index contributed by atoms with van der Waals surface area (Å²) in [5.74, 6) is 0.578. The first-order valence-corrected chi connectivity index (χ1v) is 5.88. The highest BCUT2D eigenvalue weighted by Gasteiger charge is 2.24. The highest BCUT2D eigenvalue weighted by atomic mass is 15.3. The van der Waals surface area contributed by atoms with Gasteiger partial charge in [0.05, 0.1) is 0 Å². The number of rotatable bonds is 2. The molecule has 0 saturated carbocycles. The molecule has 1 aromatic rings. The lowest BCUT2D eigenvalue weighted by atomic mass is 10.1. The van der Waals surface area contributed by atoms with Crippen LogP contribution in [0.25, 0.3) is 0 Å². The monoisotopic (exact) mass is 216 g/mol. The summed E-state index contributed by atoms with van der Waals surface area (Å²) >= 11 is 0. The average molecular weight is 216 g/mol. The van der Waals surface area contributed by atoms with E-state index in [1.807, 2.05) is 6.20 Å². The molecule has 1 N–H and O–H groups in total. The first-order chi connectivity index (χ1) is 7.61. The van der Waals surface area contributed by atoms with Crippen LogP contribution in [0.15, 0.2) is 30.6 Å². The van der Waals surface area contributed by atoms with Crippen molar-refractivity contribution >= 4 is 5.69 Å². The third kappa shape index (κ3) is 1.80. The molecule has 0 spiro atoms. The van der Waals surface area contributed by atoms with Gasteiger partial charge in [0.25, 0.3) is 0 Å². The SMILES string of the molecule is Cc1cccc(C)c1N1C=CNC1C(C)C. The predicted octanol–water partition coefficient (Wildman–Crippen LogP) is 3.17. The molecule has 2 heteroatoms. The highest BCUT2D eigenvalue weighted by molar-refractivity contribution is 5.62. The van der Waals surface area contributed by atoms with Gasteiger partial charge < -0.3 is 10.2 Å². The van der Waals surface area contributed by atoms with Crippen LogP contribution in [0, 0.1) is 19.8 Å². The van der Waals surface area contributed by atoms with E-state index < -0.39 is 0 Å². The Hall–Kier alpha value is -1.44. The van der Waals surface area contributed by atoms with Gasteiger partial charge in [-0.2, -0.15) is 0 Å². The molecule has 1 aliphatic heterocycles. The van der Waals surface area contributed by atoms with E-state index in [9.17, 15) is 0 Å². The van der Waals surface area contributed by atoms with Crippen LogP contribution >= 0.6 is 0 Å². The lowest BCUT2D eigenvalue weighted by molar-refractivity contribution is 0.463. The van der Waals surface area contributed by atoms with Crippen LogP contribution in [0.5, 0.6) is 0 Å². The summed E-state index contributed by atoms with van der Waals surface area (Å²) in [4.78, 5) is 2.34. The Morgan fingerprint density at radius 3 is 2.38 bits per heavy atom. The normalized spacial score (nSPS) is 19.3. The number of aryl methyl sites for hydroxylation is 2. The predicted molar refractivity (Wildman–Crippen MR) is 69.3 cm³/mol. The average Bonchev–Trinajstić information content (AvgIpc) is 2.66. The second-order valence-electron chi connectivity index (χ2n) is 4.82. The summed E-state index contributed by atoms with van der Waals surface area (Å²) in [5.41, 5.74) is 4.00. The number of nitrogens with one attached hydrogen (secondary N) is 1. The van der Waals surface area contributed by atoms with E-state index in [0.29, 0.717) is 12.1 Å². The molecule has 0 bridgehead atoms. The lowest BCUT2D eigenvalue weighted by Crippen LogP contribution is -2.40. The van der Waals surface area contributed by atoms with Gasteiger partial charge in [-0.05, 0) is 30.9 Å². The van der Waals surface area contributed by atoms with Crippen LogP contribution in [-0.4, -0.2) is 6.17 Å². The Morgan fingerprint density at radius 2 is 1.81 bits per heavy atom. The van der Waals surface area contributed by atoms with E-state index >= 15 is 0 Å². The molecule has 2 nitrogen and oxygen atoms in total. The topological polar surface area (TPSA) is 15.3 Å². The van der Waals surface area contributed by atoms with Gasteiger partial charge in [0, 0.05) is 18.1 Å². The van der Waals surface area contributed by atoms with Crippen molar-refractivity contribution in [2.45, 2.75) is 33.9 Å². The van der Waals surface area contributed by atoms with E-state index in [2.05, 4.69) is 62.3 Å². The summed E-state index contributed by atoms with van der Waals surface area (Å²) in [7, 11) is 0. The number of nitrogens with zero attached hydrogens (tertiary/aromatic N) is 1. The van der Waals surface area contributed by atoms with Crippen LogP contribution in [0.4, 0.5) is 5.69 Å². The fraction of sp³-hybridized carbons (Fsp3) is 0.429. The summed E-state index contributed by atoms with van der Waals surface area (Å²) in [6.45, 7) is 8.83. The van der Waals surface area contributed by atoms with Gasteiger partial charge in [-0.15, -0.1) is 0 Å². The van der Waals surface area contributed by atoms with Crippen molar-refractivity contribution in [3.05, 3.63) is 41.7 Å². The number of hydrogen-bond donors (Lipinski definition) is 1. The van der Waals surface area contributed by atoms with Crippen molar-refractivity contribution in [3.8, 4) is 0 Å². The molecule has 0 saturated heterocycles. The van der Waals surface area contributed by atoms with E-state index in [4.69, 9.17) is 0 Å². The van der Waals surface area contributed by atoms with Crippen LogP contribution in [0.1, 0.15) is 25.0 Å². The number of benzene rings is 1. The first kappa shape index (κ1) is 11.1.